The average molecular weight is 408 g/mol. The standard InChI is InChI=1S/C20H17FN6OS/c1-26-12-11-17(25-26)22-18(28)13-29-20-24-23-19(15-9-5-6-10-16(15)21)27(20)14-7-3-2-4-8-14/h2-12H,13H2,1H3,(H,22,25,28). The molecule has 0 aliphatic carbocycles. The number of carbonyl (C=O) groups excluding carboxylic acids is 1. The molecule has 0 atom stereocenters. The van der Waals surface area contributed by atoms with Crippen LogP contribution in [0.4, 0.5) is 10.2 Å². The number of thioether (sulfide) groups is 1. The van der Waals surface area contributed by atoms with Crippen LogP contribution >= 0.6 is 11.8 Å². The minimum absolute atomic E-state index is 0.110. The lowest BCUT2D eigenvalue weighted by Gasteiger charge is -2.10. The second-order valence-corrected chi connectivity index (χ2v) is 7.11. The van der Waals surface area contributed by atoms with E-state index < -0.39 is 0 Å². The third-order valence-corrected chi connectivity index (χ3v) is 5.00. The number of para-hydroxylation sites is 1. The Labute approximate surface area is 170 Å². The van der Waals surface area contributed by atoms with Crippen molar-refractivity contribution in [3.05, 3.63) is 72.7 Å². The van der Waals surface area contributed by atoms with Crippen molar-refractivity contribution in [3.63, 3.8) is 0 Å². The van der Waals surface area contributed by atoms with Gasteiger partial charge in [0.1, 0.15) is 5.82 Å². The lowest BCUT2D eigenvalue weighted by atomic mass is 10.2. The summed E-state index contributed by atoms with van der Waals surface area (Å²) in [5.41, 5.74) is 1.12. The fourth-order valence-electron chi connectivity index (χ4n) is 2.78. The zero-order valence-electron chi connectivity index (χ0n) is 15.5. The molecule has 0 aliphatic heterocycles. The number of carbonyl (C=O) groups is 1. The Morgan fingerprint density at radius 1 is 1.07 bits per heavy atom. The molecule has 29 heavy (non-hydrogen) atoms. The number of rotatable bonds is 6. The maximum absolute atomic E-state index is 14.4. The molecular weight excluding hydrogens is 391 g/mol. The van der Waals surface area contributed by atoms with Gasteiger partial charge in [-0.15, -0.1) is 10.2 Å². The molecule has 4 aromatic rings. The quantitative estimate of drug-likeness (QED) is 0.494. The predicted molar refractivity (Wildman–Crippen MR) is 109 cm³/mol. The summed E-state index contributed by atoms with van der Waals surface area (Å²) in [4.78, 5) is 12.3. The van der Waals surface area contributed by atoms with Crippen molar-refractivity contribution < 1.29 is 9.18 Å². The summed E-state index contributed by atoms with van der Waals surface area (Å²) in [6.45, 7) is 0. The molecule has 2 heterocycles. The van der Waals surface area contributed by atoms with Crippen molar-refractivity contribution in [1.29, 1.82) is 0 Å². The molecule has 146 valence electrons. The van der Waals surface area contributed by atoms with E-state index in [9.17, 15) is 9.18 Å². The molecule has 0 saturated heterocycles. The third kappa shape index (κ3) is 4.19. The number of aromatic nitrogens is 5. The van der Waals surface area contributed by atoms with Crippen molar-refractivity contribution in [1.82, 2.24) is 24.5 Å². The molecule has 0 unspecified atom stereocenters. The van der Waals surface area contributed by atoms with E-state index in [2.05, 4.69) is 20.6 Å². The second kappa shape index (κ2) is 8.27. The molecule has 0 radical (unpaired) electrons. The smallest absolute Gasteiger partial charge is 0.236 e. The van der Waals surface area contributed by atoms with Gasteiger partial charge < -0.3 is 5.32 Å². The van der Waals surface area contributed by atoms with Gasteiger partial charge in [0.05, 0.1) is 11.3 Å². The van der Waals surface area contributed by atoms with Crippen molar-refractivity contribution in [2.24, 2.45) is 7.05 Å². The SMILES string of the molecule is Cn1ccc(NC(=O)CSc2nnc(-c3ccccc3F)n2-c2ccccc2)n1. The number of hydrogen-bond acceptors (Lipinski definition) is 5. The zero-order chi connectivity index (χ0) is 20.2. The van der Waals surface area contributed by atoms with Crippen molar-refractivity contribution in [2.45, 2.75) is 5.16 Å². The van der Waals surface area contributed by atoms with Crippen LogP contribution < -0.4 is 5.32 Å². The van der Waals surface area contributed by atoms with Crippen LogP contribution in [-0.2, 0) is 11.8 Å². The number of anilines is 1. The topological polar surface area (TPSA) is 77.6 Å². The van der Waals surface area contributed by atoms with Crippen LogP contribution in [0.5, 0.6) is 0 Å². The molecule has 7 nitrogen and oxygen atoms in total. The number of aryl methyl sites for hydroxylation is 1. The summed E-state index contributed by atoms with van der Waals surface area (Å²) >= 11 is 1.22. The van der Waals surface area contributed by atoms with E-state index in [1.807, 2.05) is 30.3 Å². The largest absolute Gasteiger partial charge is 0.308 e. The highest BCUT2D eigenvalue weighted by Gasteiger charge is 2.19. The van der Waals surface area contributed by atoms with Crippen LogP contribution in [-0.4, -0.2) is 36.2 Å². The summed E-state index contributed by atoms with van der Waals surface area (Å²) in [5.74, 6) is 0.362. The van der Waals surface area contributed by atoms with E-state index in [1.54, 1.807) is 46.8 Å². The number of benzene rings is 2. The molecule has 0 spiro atoms. The fraction of sp³-hybridized carbons (Fsp3) is 0.100. The van der Waals surface area contributed by atoms with E-state index in [4.69, 9.17) is 0 Å². The molecule has 2 aromatic heterocycles. The first-order valence-corrected chi connectivity index (χ1v) is 9.78. The second-order valence-electron chi connectivity index (χ2n) is 6.17. The highest BCUT2D eigenvalue weighted by atomic mass is 32.2. The van der Waals surface area contributed by atoms with E-state index in [0.29, 0.717) is 22.4 Å². The van der Waals surface area contributed by atoms with Crippen molar-refractivity contribution in [3.8, 4) is 17.1 Å². The van der Waals surface area contributed by atoms with Gasteiger partial charge in [-0.25, -0.2) is 4.39 Å². The van der Waals surface area contributed by atoms with Gasteiger partial charge in [0.2, 0.25) is 5.91 Å². The number of nitrogens with zero attached hydrogens (tertiary/aromatic N) is 5. The van der Waals surface area contributed by atoms with Crippen LogP contribution in [0.3, 0.4) is 0 Å². The third-order valence-electron chi connectivity index (χ3n) is 4.08. The normalized spacial score (nSPS) is 10.8. The van der Waals surface area contributed by atoms with Gasteiger partial charge in [-0.2, -0.15) is 5.10 Å². The van der Waals surface area contributed by atoms with Crippen LogP contribution in [0.25, 0.3) is 17.1 Å². The fourth-order valence-corrected chi connectivity index (χ4v) is 3.53. The number of nitrogens with one attached hydrogen (secondary N) is 1. The molecular formula is C20H17FN6OS. The summed E-state index contributed by atoms with van der Waals surface area (Å²) in [6, 6.07) is 17.5. The number of halogens is 1. The van der Waals surface area contributed by atoms with Gasteiger partial charge in [0.25, 0.3) is 0 Å². The van der Waals surface area contributed by atoms with E-state index in [-0.39, 0.29) is 17.5 Å². The zero-order valence-corrected chi connectivity index (χ0v) is 16.3. The predicted octanol–water partition coefficient (Wildman–Crippen LogP) is 3.54. The lowest BCUT2D eigenvalue weighted by molar-refractivity contribution is -0.113. The first-order valence-electron chi connectivity index (χ1n) is 8.80. The van der Waals surface area contributed by atoms with E-state index in [0.717, 1.165) is 5.69 Å². The Hall–Kier alpha value is -3.46. The molecule has 0 saturated carbocycles. The maximum atomic E-state index is 14.4. The Balaban J connectivity index is 1.62. The summed E-state index contributed by atoms with van der Waals surface area (Å²) in [7, 11) is 1.77. The number of amides is 1. The van der Waals surface area contributed by atoms with Crippen molar-refractivity contribution in [2.75, 3.05) is 11.1 Å². The van der Waals surface area contributed by atoms with Gasteiger partial charge in [0.15, 0.2) is 16.8 Å². The van der Waals surface area contributed by atoms with Gasteiger partial charge in [-0.05, 0) is 24.3 Å². The molecule has 2 aromatic carbocycles. The summed E-state index contributed by atoms with van der Waals surface area (Å²) < 4.78 is 17.7. The molecule has 0 aliphatic rings. The summed E-state index contributed by atoms with van der Waals surface area (Å²) in [5, 5.41) is 15.7. The maximum Gasteiger partial charge on any atom is 0.236 e. The van der Waals surface area contributed by atoms with Crippen LogP contribution in [0, 0.1) is 5.82 Å². The Morgan fingerprint density at radius 2 is 1.83 bits per heavy atom. The summed E-state index contributed by atoms with van der Waals surface area (Å²) in [6.07, 6.45) is 1.75. The Morgan fingerprint density at radius 3 is 2.55 bits per heavy atom. The molecule has 1 amide bonds. The number of hydrogen-bond donors (Lipinski definition) is 1. The monoisotopic (exact) mass is 408 g/mol. The minimum atomic E-state index is -0.387. The van der Waals surface area contributed by atoms with E-state index >= 15 is 0 Å². The Bertz CT molecular complexity index is 1140. The molecule has 0 fully saturated rings. The van der Waals surface area contributed by atoms with Gasteiger partial charge >= 0.3 is 0 Å². The highest BCUT2D eigenvalue weighted by molar-refractivity contribution is 7.99. The van der Waals surface area contributed by atoms with Crippen LogP contribution in [0.15, 0.2) is 72.0 Å². The Kier molecular flexibility index (Phi) is 5.39. The van der Waals surface area contributed by atoms with Gasteiger partial charge in [-0.1, -0.05) is 42.1 Å². The molecule has 4 rings (SSSR count). The first-order chi connectivity index (χ1) is 14.1. The van der Waals surface area contributed by atoms with Crippen LogP contribution in [0.1, 0.15) is 0 Å². The van der Waals surface area contributed by atoms with Gasteiger partial charge in [-0.3, -0.25) is 14.0 Å². The minimum Gasteiger partial charge on any atom is -0.308 e. The van der Waals surface area contributed by atoms with Crippen molar-refractivity contribution >= 4 is 23.5 Å². The van der Waals surface area contributed by atoms with E-state index in [1.165, 1.54) is 17.8 Å². The molecule has 0 bridgehead atoms. The van der Waals surface area contributed by atoms with Crippen LogP contribution in [0.2, 0.25) is 0 Å². The average Bonchev–Trinajstić information content (AvgIpc) is 3.33. The highest BCUT2D eigenvalue weighted by Crippen LogP contribution is 2.29. The lowest BCUT2D eigenvalue weighted by Crippen LogP contribution is -2.15. The van der Waals surface area contributed by atoms with Gasteiger partial charge in [0, 0.05) is 25.0 Å². The molecule has 1 N–H and O–H groups in total. The first kappa shape index (κ1) is 18.9. The molecule has 9 heteroatoms.